The minimum absolute atomic E-state index is 0.0267. The van der Waals surface area contributed by atoms with E-state index in [1.807, 2.05) is 18.2 Å². The highest BCUT2D eigenvalue weighted by molar-refractivity contribution is 6.31. The maximum Gasteiger partial charge on any atom is 0.127 e. The molecular weight excluding hydrogens is 246 g/mol. The zero-order chi connectivity index (χ0) is 13.3. The smallest absolute Gasteiger partial charge is 0.127 e. The number of aromatic nitrogens is 2. The standard InChI is InChI=1S/C14H20ClN3/c1-4-9(3)13(16)14-17-11-8-10(15)6-7-12(11)18(14)5-2/h6-9,13H,4-5,16H2,1-3H3. The van der Waals surface area contributed by atoms with Crippen LogP contribution in [0.5, 0.6) is 0 Å². The van der Waals surface area contributed by atoms with E-state index in [4.69, 9.17) is 17.3 Å². The second kappa shape index (κ2) is 5.29. The number of fused-ring (bicyclic) bond motifs is 1. The molecule has 0 aliphatic rings. The zero-order valence-corrected chi connectivity index (χ0v) is 11.9. The highest BCUT2D eigenvalue weighted by atomic mass is 35.5. The van der Waals surface area contributed by atoms with Gasteiger partial charge in [0, 0.05) is 11.6 Å². The Morgan fingerprint density at radius 1 is 1.39 bits per heavy atom. The summed E-state index contributed by atoms with van der Waals surface area (Å²) in [7, 11) is 0. The summed E-state index contributed by atoms with van der Waals surface area (Å²) in [6, 6.07) is 5.79. The lowest BCUT2D eigenvalue weighted by atomic mass is 9.99. The number of hydrogen-bond donors (Lipinski definition) is 1. The summed E-state index contributed by atoms with van der Waals surface area (Å²) in [5.41, 5.74) is 8.35. The third kappa shape index (κ3) is 2.25. The molecule has 1 heterocycles. The number of aryl methyl sites for hydroxylation is 1. The molecule has 0 spiro atoms. The molecule has 0 amide bonds. The Morgan fingerprint density at radius 3 is 2.72 bits per heavy atom. The zero-order valence-electron chi connectivity index (χ0n) is 11.2. The monoisotopic (exact) mass is 265 g/mol. The largest absolute Gasteiger partial charge is 0.327 e. The second-order valence-electron chi connectivity index (χ2n) is 4.76. The van der Waals surface area contributed by atoms with Crippen LogP contribution in [0.3, 0.4) is 0 Å². The highest BCUT2D eigenvalue weighted by Gasteiger charge is 2.20. The first-order valence-electron chi connectivity index (χ1n) is 6.49. The van der Waals surface area contributed by atoms with Crippen LogP contribution < -0.4 is 5.73 Å². The van der Waals surface area contributed by atoms with Gasteiger partial charge in [-0.3, -0.25) is 0 Å². The summed E-state index contributed by atoms with van der Waals surface area (Å²) in [6.07, 6.45) is 1.05. The molecule has 0 radical (unpaired) electrons. The van der Waals surface area contributed by atoms with E-state index in [1.54, 1.807) is 0 Å². The van der Waals surface area contributed by atoms with E-state index in [2.05, 4.69) is 30.3 Å². The van der Waals surface area contributed by atoms with E-state index in [0.29, 0.717) is 10.9 Å². The lowest BCUT2D eigenvalue weighted by molar-refractivity contribution is 0.427. The summed E-state index contributed by atoms with van der Waals surface area (Å²) < 4.78 is 2.18. The van der Waals surface area contributed by atoms with Gasteiger partial charge in [0.2, 0.25) is 0 Å². The number of imidazole rings is 1. The van der Waals surface area contributed by atoms with E-state index >= 15 is 0 Å². The minimum atomic E-state index is -0.0267. The first-order valence-corrected chi connectivity index (χ1v) is 6.87. The average molecular weight is 266 g/mol. The molecule has 0 aliphatic heterocycles. The molecule has 0 fully saturated rings. The second-order valence-corrected chi connectivity index (χ2v) is 5.20. The molecule has 2 unspecified atom stereocenters. The molecule has 2 atom stereocenters. The van der Waals surface area contributed by atoms with Gasteiger partial charge < -0.3 is 10.3 Å². The summed E-state index contributed by atoms with van der Waals surface area (Å²) in [5.74, 6) is 1.38. The lowest BCUT2D eigenvalue weighted by Gasteiger charge is -2.18. The van der Waals surface area contributed by atoms with Crippen molar-refractivity contribution in [2.45, 2.75) is 39.8 Å². The fourth-order valence-corrected chi connectivity index (χ4v) is 2.38. The number of hydrogen-bond acceptors (Lipinski definition) is 2. The number of nitrogens with zero attached hydrogens (tertiary/aromatic N) is 2. The summed E-state index contributed by atoms with van der Waals surface area (Å²) >= 11 is 6.01. The van der Waals surface area contributed by atoms with Crippen molar-refractivity contribution in [3.63, 3.8) is 0 Å². The molecule has 4 heteroatoms. The van der Waals surface area contributed by atoms with Crippen LogP contribution in [-0.4, -0.2) is 9.55 Å². The Bertz CT molecular complexity index is 547. The van der Waals surface area contributed by atoms with E-state index in [-0.39, 0.29) is 6.04 Å². The Hall–Kier alpha value is -1.06. The van der Waals surface area contributed by atoms with Crippen molar-refractivity contribution in [2.75, 3.05) is 0 Å². The maximum atomic E-state index is 6.31. The van der Waals surface area contributed by atoms with Crippen molar-refractivity contribution in [1.82, 2.24) is 9.55 Å². The first-order chi connectivity index (χ1) is 8.58. The fraction of sp³-hybridized carbons (Fsp3) is 0.500. The van der Waals surface area contributed by atoms with Crippen molar-refractivity contribution >= 4 is 22.6 Å². The fourth-order valence-electron chi connectivity index (χ4n) is 2.22. The molecule has 1 aromatic heterocycles. The molecule has 0 aliphatic carbocycles. The van der Waals surface area contributed by atoms with Crippen LogP contribution in [0.2, 0.25) is 5.02 Å². The van der Waals surface area contributed by atoms with Crippen molar-refractivity contribution in [2.24, 2.45) is 11.7 Å². The van der Waals surface area contributed by atoms with E-state index in [9.17, 15) is 0 Å². The molecule has 3 nitrogen and oxygen atoms in total. The molecule has 0 saturated heterocycles. The molecule has 18 heavy (non-hydrogen) atoms. The predicted octanol–water partition coefficient (Wildman–Crippen LogP) is 3.76. The van der Waals surface area contributed by atoms with Crippen LogP contribution in [-0.2, 0) is 6.54 Å². The third-order valence-corrected chi connectivity index (χ3v) is 3.85. The normalized spacial score (nSPS) is 14.9. The molecule has 98 valence electrons. The van der Waals surface area contributed by atoms with Crippen molar-refractivity contribution < 1.29 is 0 Å². The number of benzene rings is 1. The van der Waals surface area contributed by atoms with Crippen LogP contribution in [0.1, 0.15) is 39.1 Å². The van der Waals surface area contributed by atoms with Crippen LogP contribution >= 0.6 is 11.6 Å². The molecule has 2 aromatic rings. The van der Waals surface area contributed by atoms with E-state index in [0.717, 1.165) is 29.8 Å². The van der Waals surface area contributed by atoms with Gasteiger partial charge in [0.05, 0.1) is 17.1 Å². The Kier molecular flexibility index (Phi) is 3.93. The van der Waals surface area contributed by atoms with Gasteiger partial charge in [-0.1, -0.05) is 31.9 Å². The quantitative estimate of drug-likeness (QED) is 0.915. The van der Waals surface area contributed by atoms with Gasteiger partial charge >= 0.3 is 0 Å². The Labute approximate surface area is 113 Å². The summed E-state index contributed by atoms with van der Waals surface area (Å²) in [5, 5.41) is 0.715. The Morgan fingerprint density at radius 2 is 2.11 bits per heavy atom. The van der Waals surface area contributed by atoms with Crippen molar-refractivity contribution in [1.29, 1.82) is 0 Å². The van der Waals surface area contributed by atoms with Gasteiger partial charge in [-0.2, -0.15) is 0 Å². The van der Waals surface area contributed by atoms with Crippen molar-refractivity contribution in [3.05, 3.63) is 29.0 Å². The SMILES string of the molecule is CCC(C)C(N)c1nc2cc(Cl)ccc2n1CC. The summed E-state index contributed by atoms with van der Waals surface area (Å²) in [6.45, 7) is 7.30. The molecule has 1 aromatic carbocycles. The highest BCUT2D eigenvalue weighted by Crippen LogP contribution is 2.27. The van der Waals surface area contributed by atoms with E-state index < -0.39 is 0 Å². The van der Waals surface area contributed by atoms with E-state index in [1.165, 1.54) is 0 Å². The number of halogens is 1. The van der Waals surface area contributed by atoms with Gasteiger partial charge in [0.25, 0.3) is 0 Å². The molecule has 2 N–H and O–H groups in total. The summed E-state index contributed by atoms with van der Waals surface area (Å²) in [4.78, 5) is 4.67. The van der Waals surface area contributed by atoms with Crippen LogP contribution in [0, 0.1) is 5.92 Å². The van der Waals surface area contributed by atoms with Crippen LogP contribution in [0.25, 0.3) is 11.0 Å². The van der Waals surface area contributed by atoms with Gasteiger partial charge in [0.1, 0.15) is 5.82 Å². The van der Waals surface area contributed by atoms with Crippen LogP contribution in [0.15, 0.2) is 18.2 Å². The first kappa shape index (κ1) is 13.4. The van der Waals surface area contributed by atoms with Gasteiger partial charge in [-0.15, -0.1) is 0 Å². The molecular formula is C14H20ClN3. The molecule has 0 saturated carbocycles. The van der Waals surface area contributed by atoms with Crippen molar-refractivity contribution in [3.8, 4) is 0 Å². The number of nitrogens with two attached hydrogens (primary N) is 1. The average Bonchev–Trinajstić information content (AvgIpc) is 2.74. The molecule has 2 rings (SSSR count). The minimum Gasteiger partial charge on any atom is -0.327 e. The maximum absolute atomic E-state index is 6.31. The topological polar surface area (TPSA) is 43.8 Å². The van der Waals surface area contributed by atoms with Crippen LogP contribution in [0.4, 0.5) is 0 Å². The Balaban J connectivity index is 2.56. The third-order valence-electron chi connectivity index (χ3n) is 3.61. The predicted molar refractivity (Wildman–Crippen MR) is 76.8 cm³/mol. The van der Waals surface area contributed by atoms with Gasteiger partial charge in [-0.05, 0) is 31.0 Å². The molecule has 0 bridgehead atoms. The van der Waals surface area contributed by atoms with Gasteiger partial charge in [0.15, 0.2) is 0 Å². The van der Waals surface area contributed by atoms with Gasteiger partial charge in [-0.25, -0.2) is 4.98 Å². The lowest BCUT2D eigenvalue weighted by Crippen LogP contribution is -2.22. The number of rotatable bonds is 4.